The van der Waals surface area contributed by atoms with Gasteiger partial charge in [0, 0.05) is 6.42 Å². The van der Waals surface area contributed by atoms with Crippen molar-refractivity contribution in [1.82, 2.24) is 0 Å². The topological polar surface area (TPSA) is 44.5 Å². The van der Waals surface area contributed by atoms with Gasteiger partial charge >= 0.3 is 0 Å². The second-order valence-electron chi connectivity index (χ2n) is 3.51. The summed E-state index contributed by atoms with van der Waals surface area (Å²) in [5, 5.41) is 0.580. The molecule has 4 heteroatoms. The molecule has 0 spiro atoms. The maximum Gasteiger partial charge on any atom is 0.145 e. The number of benzene rings is 1. The highest BCUT2D eigenvalue weighted by Crippen LogP contribution is 2.42. The molecule has 1 aliphatic heterocycles. The van der Waals surface area contributed by atoms with Crippen LogP contribution in [0.3, 0.4) is 0 Å². The Bertz CT molecular complexity index is 379. The zero-order chi connectivity index (χ0) is 10.8. The smallest absolute Gasteiger partial charge is 0.145 e. The van der Waals surface area contributed by atoms with Gasteiger partial charge in [0.2, 0.25) is 0 Å². The van der Waals surface area contributed by atoms with E-state index in [1.165, 1.54) is 0 Å². The van der Waals surface area contributed by atoms with E-state index in [0.29, 0.717) is 23.9 Å². The summed E-state index contributed by atoms with van der Waals surface area (Å²) in [4.78, 5) is 0. The minimum Gasteiger partial charge on any atom is -0.495 e. The van der Waals surface area contributed by atoms with Gasteiger partial charge in [0.15, 0.2) is 0 Å². The van der Waals surface area contributed by atoms with E-state index in [-0.39, 0.29) is 0 Å². The third-order valence-electron chi connectivity index (χ3n) is 2.57. The number of ether oxygens (including phenoxy) is 2. The van der Waals surface area contributed by atoms with Crippen molar-refractivity contribution in [2.75, 3.05) is 20.3 Å². The van der Waals surface area contributed by atoms with Crippen LogP contribution in [0.25, 0.3) is 0 Å². The molecule has 1 heterocycles. The van der Waals surface area contributed by atoms with Gasteiger partial charge in [-0.05, 0) is 30.2 Å². The van der Waals surface area contributed by atoms with E-state index in [1.807, 2.05) is 0 Å². The molecule has 15 heavy (non-hydrogen) atoms. The average Bonchev–Trinajstić information content (AvgIpc) is 2.67. The van der Waals surface area contributed by atoms with Gasteiger partial charge < -0.3 is 15.2 Å². The van der Waals surface area contributed by atoms with Crippen molar-refractivity contribution in [1.29, 1.82) is 0 Å². The van der Waals surface area contributed by atoms with Crippen LogP contribution >= 0.6 is 11.6 Å². The molecule has 0 atom stereocenters. The minimum atomic E-state index is 0.580. The second kappa shape index (κ2) is 4.29. The van der Waals surface area contributed by atoms with Crippen molar-refractivity contribution in [3.8, 4) is 11.5 Å². The predicted octanol–water partition coefficient (Wildman–Crippen LogP) is 1.78. The Morgan fingerprint density at radius 2 is 2.40 bits per heavy atom. The largest absolute Gasteiger partial charge is 0.495 e. The molecule has 0 aromatic heterocycles. The molecule has 0 amide bonds. The van der Waals surface area contributed by atoms with Crippen molar-refractivity contribution in [3.63, 3.8) is 0 Å². The third kappa shape index (κ3) is 1.77. The number of rotatable bonds is 3. The highest BCUT2D eigenvalue weighted by atomic mass is 35.5. The monoisotopic (exact) mass is 227 g/mol. The lowest BCUT2D eigenvalue weighted by molar-refractivity contribution is 0.352. The van der Waals surface area contributed by atoms with Gasteiger partial charge in [0.25, 0.3) is 0 Å². The van der Waals surface area contributed by atoms with Crippen molar-refractivity contribution in [2.45, 2.75) is 12.8 Å². The molecule has 0 unspecified atom stereocenters. The standard InChI is InChI=1S/C11H14ClNO2/c1-14-10-7(2-4-13)6-8-3-5-15-11(8)9(10)12/h6H,2-5,13H2,1H3. The second-order valence-corrected chi connectivity index (χ2v) is 3.89. The van der Waals surface area contributed by atoms with Crippen LogP contribution in [-0.4, -0.2) is 20.3 Å². The number of methoxy groups -OCH3 is 1. The molecule has 1 aromatic carbocycles. The summed E-state index contributed by atoms with van der Waals surface area (Å²) in [5.41, 5.74) is 7.77. The molecule has 0 aliphatic carbocycles. The van der Waals surface area contributed by atoms with Crippen molar-refractivity contribution >= 4 is 11.6 Å². The van der Waals surface area contributed by atoms with Crippen LogP contribution in [0.5, 0.6) is 11.5 Å². The normalized spacial score (nSPS) is 13.5. The lowest BCUT2D eigenvalue weighted by Gasteiger charge is -2.12. The Kier molecular flexibility index (Phi) is 3.03. The summed E-state index contributed by atoms with van der Waals surface area (Å²) < 4.78 is 10.7. The molecule has 0 bridgehead atoms. The summed E-state index contributed by atoms with van der Waals surface area (Å²) in [6.45, 7) is 1.29. The third-order valence-corrected chi connectivity index (χ3v) is 2.91. The summed E-state index contributed by atoms with van der Waals surface area (Å²) in [6, 6.07) is 2.08. The van der Waals surface area contributed by atoms with Crippen LogP contribution in [0.4, 0.5) is 0 Å². The molecule has 2 rings (SSSR count). The van der Waals surface area contributed by atoms with E-state index in [9.17, 15) is 0 Å². The molecule has 0 saturated heterocycles. The Labute approximate surface area is 94.1 Å². The van der Waals surface area contributed by atoms with Crippen LogP contribution in [0, 0.1) is 0 Å². The van der Waals surface area contributed by atoms with Gasteiger partial charge in [0.05, 0.1) is 13.7 Å². The summed E-state index contributed by atoms with van der Waals surface area (Å²) >= 11 is 6.20. The quantitative estimate of drug-likeness (QED) is 0.856. The van der Waals surface area contributed by atoms with E-state index in [1.54, 1.807) is 7.11 Å². The SMILES string of the molecule is COc1c(CCN)cc2c(c1Cl)OCC2. The van der Waals surface area contributed by atoms with E-state index >= 15 is 0 Å². The molecule has 0 saturated carbocycles. The van der Waals surface area contributed by atoms with Gasteiger partial charge in [-0.2, -0.15) is 0 Å². The molecule has 1 aromatic rings. The maximum absolute atomic E-state index is 6.20. The lowest BCUT2D eigenvalue weighted by atomic mass is 10.0. The van der Waals surface area contributed by atoms with Gasteiger partial charge in [-0.1, -0.05) is 11.6 Å². The van der Waals surface area contributed by atoms with Gasteiger partial charge in [-0.15, -0.1) is 0 Å². The number of hydrogen-bond acceptors (Lipinski definition) is 3. The van der Waals surface area contributed by atoms with Crippen molar-refractivity contribution < 1.29 is 9.47 Å². The van der Waals surface area contributed by atoms with Crippen LogP contribution in [0.2, 0.25) is 5.02 Å². The van der Waals surface area contributed by atoms with Crippen LogP contribution in [-0.2, 0) is 12.8 Å². The Morgan fingerprint density at radius 3 is 3.07 bits per heavy atom. The molecule has 82 valence electrons. The maximum atomic E-state index is 6.20. The van der Waals surface area contributed by atoms with E-state index in [4.69, 9.17) is 26.8 Å². The first-order chi connectivity index (χ1) is 7.27. The van der Waals surface area contributed by atoms with Gasteiger partial charge in [-0.3, -0.25) is 0 Å². The number of nitrogens with two attached hydrogens (primary N) is 1. The molecule has 0 fully saturated rings. The highest BCUT2D eigenvalue weighted by Gasteiger charge is 2.21. The Balaban J connectivity index is 2.51. The predicted molar refractivity (Wildman–Crippen MR) is 60.0 cm³/mol. The molecular weight excluding hydrogens is 214 g/mol. The lowest BCUT2D eigenvalue weighted by Crippen LogP contribution is -2.05. The molecule has 2 N–H and O–H groups in total. The summed E-state index contributed by atoms with van der Waals surface area (Å²) in [5.74, 6) is 1.47. The summed E-state index contributed by atoms with van der Waals surface area (Å²) in [7, 11) is 1.61. The first-order valence-corrected chi connectivity index (χ1v) is 5.36. The first kappa shape index (κ1) is 10.6. The van der Waals surface area contributed by atoms with E-state index in [2.05, 4.69) is 6.07 Å². The molecule has 1 aliphatic rings. The van der Waals surface area contributed by atoms with Gasteiger partial charge in [-0.25, -0.2) is 0 Å². The Morgan fingerprint density at radius 1 is 1.60 bits per heavy atom. The zero-order valence-corrected chi connectivity index (χ0v) is 9.43. The summed E-state index contributed by atoms with van der Waals surface area (Å²) in [6.07, 6.45) is 1.69. The van der Waals surface area contributed by atoms with E-state index in [0.717, 1.165) is 29.7 Å². The highest BCUT2D eigenvalue weighted by molar-refractivity contribution is 6.33. The minimum absolute atomic E-state index is 0.580. The number of hydrogen-bond donors (Lipinski definition) is 1. The fourth-order valence-corrected chi connectivity index (χ4v) is 2.27. The van der Waals surface area contributed by atoms with Crippen LogP contribution in [0.15, 0.2) is 6.07 Å². The zero-order valence-electron chi connectivity index (χ0n) is 8.68. The van der Waals surface area contributed by atoms with Crippen molar-refractivity contribution in [3.05, 3.63) is 22.2 Å². The number of halogens is 1. The molecule has 0 radical (unpaired) electrons. The van der Waals surface area contributed by atoms with Gasteiger partial charge in [0.1, 0.15) is 16.5 Å². The average molecular weight is 228 g/mol. The number of fused-ring (bicyclic) bond motifs is 1. The fraction of sp³-hybridized carbons (Fsp3) is 0.455. The van der Waals surface area contributed by atoms with Crippen LogP contribution < -0.4 is 15.2 Å². The first-order valence-electron chi connectivity index (χ1n) is 4.99. The fourth-order valence-electron chi connectivity index (χ4n) is 1.89. The molecular formula is C11H14ClNO2. The molecule has 3 nitrogen and oxygen atoms in total. The van der Waals surface area contributed by atoms with E-state index < -0.39 is 0 Å². The van der Waals surface area contributed by atoms with Crippen molar-refractivity contribution in [2.24, 2.45) is 5.73 Å². The Hall–Kier alpha value is -0.930. The van der Waals surface area contributed by atoms with Crippen LogP contribution in [0.1, 0.15) is 11.1 Å².